The molecule has 0 saturated carbocycles. The van der Waals surface area contributed by atoms with Crippen LogP contribution < -0.4 is 5.32 Å². The van der Waals surface area contributed by atoms with Crippen molar-refractivity contribution < 1.29 is 18.0 Å². The number of nitrogens with zero attached hydrogens (tertiary/aromatic N) is 4. The lowest BCUT2D eigenvalue weighted by molar-refractivity contribution is -0.142. The molecule has 6 nitrogen and oxygen atoms in total. The first-order valence-corrected chi connectivity index (χ1v) is 9.06. The number of hydrogen-bond acceptors (Lipinski definition) is 4. The molecule has 0 atom stereocenters. The summed E-state index contributed by atoms with van der Waals surface area (Å²) in [6.07, 6.45) is -1.74. The summed E-state index contributed by atoms with van der Waals surface area (Å²) in [5.41, 5.74) is -0.288. The molecule has 0 radical (unpaired) electrons. The number of amides is 1. The number of aromatic nitrogens is 4. The van der Waals surface area contributed by atoms with E-state index in [4.69, 9.17) is 0 Å². The van der Waals surface area contributed by atoms with Crippen molar-refractivity contribution in [2.24, 2.45) is 0 Å². The molecule has 1 N–H and O–H groups in total. The number of fused-ring (bicyclic) bond motifs is 1. The molecule has 3 aromatic heterocycles. The Bertz CT molecular complexity index is 1190. The van der Waals surface area contributed by atoms with E-state index in [0.29, 0.717) is 15.8 Å². The van der Waals surface area contributed by atoms with E-state index in [1.165, 1.54) is 18.5 Å². The lowest BCUT2D eigenvalue weighted by Gasteiger charge is -2.11. The van der Waals surface area contributed by atoms with Crippen molar-refractivity contribution in [1.29, 1.82) is 0 Å². The van der Waals surface area contributed by atoms with Gasteiger partial charge in [0.1, 0.15) is 0 Å². The number of carbonyl (C=O) groups is 1. The topological polar surface area (TPSA) is 72.2 Å². The van der Waals surface area contributed by atoms with Crippen LogP contribution in [0, 0.1) is 0 Å². The smallest absolute Gasteiger partial charge is 0.319 e. The molecule has 0 aliphatic rings. The Kier molecular flexibility index (Phi) is 4.79. The minimum Gasteiger partial charge on any atom is -0.319 e. The molecule has 1 aromatic carbocycles. The maximum absolute atomic E-state index is 13.6. The molecule has 0 aliphatic heterocycles. The lowest BCUT2D eigenvalue weighted by atomic mass is 10.1. The fraction of sp³-hybridized carbons (Fsp3) is 0.0526. The monoisotopic (exact) mass is 461 g/mol. The number of benzene rings is 1. The van der Waals surface area contributed by atoms with Crippen LogP contribution in [-0.4, -0.2) is 25.5 Å². The van der Waals surface area contributed by atoms with Gasteiger partial charge in [-0.25, -0.2) is 9.50 Å². The largest absolute Gasteiger partial charge is 0.433 e. The zero-order valence-corrected chi connectivity index (χ0v) is 16.1. The van der Waals surface area contributed by atoms with Crippen LogP contribution >= 0.6 is 15.9 Å². The van der Waals surface area contributed by atoms with Gasteiger partial charge in [0, 0.05) is 22.3 Å². The van der Waals surface area contributed by atoms with E-state index in [1.54, 1.807) is 36.4 Å². The predicted molar refractivity (Wildman–Crippen MR) is 103 cm³/mol. The third-order valence-electron chi connectivity index (χ3n) is 4.01. The first-order valence-electron chi connectivity index (χ1n) is 8.26. The molecule has 1 amide bonds. The molecule has 0 fully saturated rings. The van der Waals surface area contributed by atoms with Crippen molar-refractivity contribution in [3.05, 3.63) is 76.8 Å². The van der Waals surface area contributed by atoms with Crippen molar-refractivity contribution in [3.63, 3.8) is 0 Å². The average molecular weight is 462 g/mol. The Morgan fingerprint density at radius 3 is 2.52 bits per heavy atom. The summed E-state index contributed by atoms with van der Waals surface area (Å²) >= 11 is 3.29. The van der Waals surface area contributed by atoms with E-state index in [0.717, 1.165) is 10.5 Å². The van der Waals surface area contributed by atoms with Crippen LogP contribution in [0.15, 0.2) is 65.4 Å². The third-order valence-corrected chi connectivity index (χ3v) is 4.54. The Morgan fingerprint density at radius 2 is 1.86 bits per heavy atom. The Morgan fingerprint density at radius 1 is 1.10 bits per heavy atom. The number of carbonyl (C=O) groups excluding carboxylic acids is 1. The fourth-order valence-electron chi connectivity index (χ4n) is 2.69. The number of anilines is 1. The molecule has 0 saturated heterocycles. The highest BCUT2D eigenvalue weighted by Gasteiger charge is 2.35. The summed E-state index contributed by atoms with van der Waals surface area (Å²) in [6.45, 7) is 0. The van der Waals surface area contributed by atoms with Gasteiger partial charge < -0.3 is 5.32 Å². The van der Waals surface area contributed by atoms with Crippen LogP contribution in [0.2, 0.25) is 0 Å². The van der Waals surface area contributed by atoms with Crippen LogP contribution in [0.5, 0.6) is 0 Å². The normalized spacial score (nSPS) is 11.6. The van der Waals surface area contributed by atoms with Gasteiger partial charge >= 0.3 is 6.18 Å². The Balaban J connectivity index is 1.80. The minimum absolute atomic E-state index is 0.0888. The standard InChI is InChI=1S/C19H11BrF3N5O/c20-12-5-3-11(4-6-12)14-8-16(19(21,22)23)28-17(26-14)9-15(27-28)18(29)25-13-2-1-7-24-10-13/h1-10H,(H,25,29). The molecule has 0 bridgehead atoms. The predicted octanol–water partition coefficient (Wildman–Crippen LogP) is 4.82. The molecular formula is C19H11BrF3N5O. The number of hydrogen-bond donors (Lipinski definition) is 1. The van der Waals surface area contributed by atoms with Crippen molar-refractivity contribution in [2.75, 3.05) is 5.32 Å². The van der Waals surface area contributed by atoms with Gasteiger partial charge in [-0.05, 0) is 30.3 Å². The number of rotatable bonds is 3. The molecule has 0 aliphatic carbocycles. The SMILES string of the molecule is O=C(Nc1cccnc1)c1cc2nc(-c3ccc(Br)cc3)cc(C(F)(F)F)n2n1. The number of halogens is 4. The van der Waals surface area contributed by atoms with E-state index in [2.05, 4.69) is 36.3 Å². The van der Waals surface area contributed by atoms with Crippen LogP contribution in [0.4, 0.5) is 18.9 Å². The van der Waals surface area contributed by atoms with Gasteiger partial charge in [0.15, 0.2) is 17.0 Å². The quantitative estimate of drug-likeness (QED) is 0.474. The average Bonchev–Trinajstić information content (AvgIpc) is 3.12. The molecule has 4 aromatic rings. The lowest BCUT2D eigenvalue weighted by Crippen LogP contribution is -2.15. The Hall–Kier alpha value is -3.27. The first kappa shape index (κ1) is 19.1. The van der Waals surface area contributed by atoms with Crippen molar-refractivity contribution >= 4 is 33.2 Å². The third kappa shape index (κ3) is 3.97. The van der Waals surface area contributed by atoms with Crippen LogP contribution in [0.1, 0.15) is 16.2 Å². The van der Waals surface area contributed by atoms with E-state index in [9.17, 15) is 18.0 Å². The van der Waals surface area contributed by atoms with Crippen LogP contribution in [0.25, 0.3) is 16.9 Å². The summed E-state index contributed by atoms with van der Waals surface area (Å²) in [5.74, 6) is -0.665. The molecular weight excluding hydrogens is 451 g/mol. The van der Waals surface area contributed by atoms with Gasteiger partial charge in [-0.2, -0.15) is 18.3 Å². The minimum atomic E-state index is -4.69. The number of nitrogens with one attached hydrogen (secondary N) is 1. The van der Waals surface area contributed by atoms with Gasteiger partial charge in [-0.1, -0.05) is 28.1 Å². The zero-order chi connectivity index (χ0) is 20.6. The zero-order valence-electron chi connectivity index (χ0n) is 14.5. The maximum Gasteiger partial charge on any atom is 0.433 e. The summed E-state index contributed by atoms with van der Waals surface area (Å²) in [7, 11) is 0. The van der Waals surface area contributed by atoms with Gasteiger partial charge in [0.05, 0.1) is 17.6 Å². The Labute approximate surface area is 170 Å². The van der Waals surface area contributed by atoms with Crippen molar-refractivity contribution in [1.82, 2.24) is 19.6 Å². The van der Waals surface area contributed by atoms with Gasteiger partial charge in [-0.3, -0.25) is 9.78 Å². The highest BCUT2D eigenvalue weighted by molar-refractivity contribution is 9.10. The molecule has 29 heavy (non-hydrogen) atoms. The van der Waals surface area contributed by atoms with Crippen molar-refractivity contribution in [3.8, 4) is 11.3 Å². The summed E-state index contributed by atoms with van der Waals surface area (Å²) < 4.78 is 42.3. The van der Waals surface area contributed by atoms with Gasteiger partial charge in [0.25, 0.3) is 5.91 Å². The summed E-state index contributed by atoms with van der Waals surface area (Å²) in [5, 5.41) is 6.36. The number of pyridine rings is 1. The summed E-state index contributed by atoms with van der Waals surface area (Å²) in [4.78, 5) is 20.5. The molecule has 0 unspecified atom stereocenters. The molecule has 4 rings (SSSR count). The first-order chi connectivity index (χ1) is 13.8. The highest BCUT2D eigenvalue weighted by atomic mass is 79.9. The van der Waals surface area contributed by atoms with E-state index < -0.39 is 17.8 Å². The molecule has 3 heterocycles. The van der Waals surface area contributed by atoms with Crippen LogP contribution in [0.3, 0.4) is 0 Å². The fourth-order valence-corrected chi connectivity index (χ4v) is 2.95. The van der Waals surface area contributed by atoms with Gasteiger partial charge in [-0.15, -0.1) is 0 Å². The maximum atomic E-state index is 13.6. The second-order valence-corrected chi connectivity index (χ2v) is 6.94. The molecule has 146 valence electrons. The second kappa shape index (κ2) is 7.28. The van der Waals surface area contributed by atoms with Gasteiger partial charge in [0.2, 0.25) is 0 Å². The van der Waals surface area contributed by atoms with E-state index in [1.807, 2.05) is 0 Å². The van der Waals surface area contributed by atoms with Crippen LogP contribution in [-0.2, 0) is 6.18 Å². The summed E-state index contributed by atoms with van der Waals surface area (Å²) in [6, 6.07) is 12.0. The highest BCUT2D eigenvalue weighted by Crippen LogP contribution is 2.32. The van der Waals surface area contributed by atoms with Crippen molar-refractivity contribution in [2.45, 2.75) is 6.18 Å². The molecule has 10 heteroatoms. The van der Waals surface area contributed by atoms with E-state index in [-0.39, 0.29) is 17.0 Å². The second-order valence-electron chi connectivity index (χ2n) is 6.03. The molecule has 0 spiro atoms. The van der Waals surface area contributed by atoms with E-state index >= 15 is 0 Å². The number of alkyl halides is 3.